The van der Waals surface area contributed by atoms with E-state index >= 15 is 0 Å². The number of aryl methyl sites for hydroxylation is 1. The molecule has 2 nitrogen and oxygen atoms in total. The molecule has 0 radical (unpaired) electrons. The molecule has 0 bridgehead atoms. The first-order valence-corrected chi connectivity index (χ1v) is 6.13. The lowest BCUT2D eigenvalue weighted by Gasteiger charge is -2.15. The molecule has 0 aliphatic rings. The zero-order chi connectivity index (χ0) is 15.6. The number of halogens is 4. The molecule has 0 amide bonds. The van der Waals surface area contributed by atoms with Crippen LogP contribution in [0, 0.1) is 12.7 Å². The molecule has 0 spiro atoms. The summed E-state index contributed by atoms with van der Waals surface area (Å²) in [7, 11) is 0. The molecule has 6 heteroatoms. The van der Waals surface area contributed by atoms with Crippen LogP contribution in [0.25, 0.3) is 0 Å². The summed E-state index contributed by atoms with van der Waals surface area (Å²) in [6, 6.07) is 8.84. The van der Waals surface area contributed by atoms with Gasteiger partial charge in [0.1, 0.15) is 11.6 Å². The van der Waals surface area contributed by atoms with E-state index in [1.165, 1.54) is 18.2 Å². The SMILES string of the molecule is Cc1ccc(F)c([C@@H](N)c2ccc(OC(F)(F)F)cc2)c1. The molecule has 2 aromatic rings. The number of nitrogens with two attached hydrogens (primary N) is 1. The van der Waals surface area contributed by atoms with Crippen molar-refractivity contribution >= 4 is 0 Å². The second-order valence-corrected chi connectivity index (χ2v) is 4.62. The molecule has 0 aromatic heterocycles. The molecule has 0 saturated heterocycles. The van der Waals surface area contributed by atoms with E-state index in [-0.39, 0.29) is 5.75 Å². The van der Waals surface area contributed by atoms with E-state index in [0.29, 0.717) is 11.1 Å². The number of hydrogen-bond donors (Lipinski definition) is 1. The molecule has 2 N–H and O–H groups in total. The van der Waals surface area contributed by atoms with Crippen molar-refractivity contribution in [1.29, 1.82) is 0 Å². The molecular formula is C15H13F4NO. The number of hydrogen-bond acceptors (Lipinski definition) is 2. The predicted octanol–water partition coefficient (Wildman–Crippen LogP) is 4.08. The van der Waals surface area contributed by atoms with Gasteiger partial charge >= 0.3 is 6.36 Å². The van der Waals surface area contributed by atoms with Crippen molar-refractivity contribution in [1.82, 2.24) is 0 Å². The Morgan fingerprint density at radius 1 is 1.05 bits per heavy atom. The predicted molar refractivity (Wildman–Crippen MR) is 70.3 cm³/mol. The number of alkyl halides is 3. The molecule has 1 atom stereocenters. The van der Waals surface area contributed by atoms with Gasteiger partial charge in [-0.3, -0.25) is 0 Å². The highest BCUT2D eigenvalue weighted by Crippen LogP contribution is 2.27. The third kappa shape index (κ3) is 3.95. The van der Waals surface area contributed by atoms with Crippen LogP contribution in [0.4, 0.5) is 17.6 Å². The van der Waals surface area contributed by atoms with E-state index in [9.17, 15) is 17.6 Å². The summed E-state index contributed by atoms with van der Waals surface area (Å²) >= 11 is 0. The summed E-state index contributed by atoms with van der Waals surface area (Å²) < 4.78 is 53.7. The highest BCUT2D eigenvalue weighted by Gasteiger charge is 2.31. The Morgan fingerprint density at radius 2 is 1.67 bits per heavy atom. The fraction of sp³-hybridized carbons (Fsp3) is 0.200. The maximum atomic E-state index is 13.8. The first kappa shape index (κ1) is 15.3. The Hall–Kier alpha value is -2.08. The van der Waals surface area contributed by atoms with Gasteiger partial charge in [-0.2, -0.15) is 0 Å². The van der Waals surface area contributed by atoms with E-state index in [0.717, 1.165) is 17.7 Å². The summed E-state index contributed by atoms with van der Waals surface area (Å²) in [4.78, 5) is 0. The summed E-state index contributed by atoms with van der Waals surface area (Å²) in [6.45, 7) is 1.80. The molecule has 2 aromatic carbocycles. The highest BCUT2D eigenvalue weighted by atomic mass is 19.4. The Labute approximate surface area is 119 Å². The number of rotatable bonds is 3. The average Bonchev–Trinajstić information content (AvgIpc) is 2.40. The highest BCUT2D eigenvalue weighted by molar-refractivity contribution is 5.37. The van der Waals surface area contributed by atoms with Crippen LogP contribution >= 0.6 is 0 Å². The molecule has 0 saturated carbocycles. The molecule has 0 unspecified atom stereocenters. The molecule has 0 aliphatic heterocycles. The van der Waals surface area contributed by atoms with Gasteiger partial charge in [0.2, 0.25) is 0 Å². The Bertz CT molecular complexity index is 623. The van der Waals surface area contributed by atoms with E-state index in [1.54, 1.807) is 19.1 Å². The number of ether oxygens (including phenoxy) is 1. The van der Waals surface area contributed by atoms with Gasteiger partial charge in [-0.15, -0.1) is 13.2 Å². The van der Waals surface area contributed by atoms with E-state index in [4.69, 9.17) is 5.73 Å². The van der Waals surface area contributed by atoms with E-state index in [1.807, 2.05) is 0 Å². The third-order valence-corrected chi connectivity index (χ3v) is 2.96. The summed E-state index contributed by atoms with van der Waals surface area (Å²) in [5, 5.41) is 0. The second kappa shape index (κ2) is 5.73. The normalized spacial score (nSPS) is 13.0. The van der Waals surface area contributed by atoms with Crippen molar-refractivity contribution in [3.8, 4) is 5.75 Å². The topological polar surface area (TPSA) is 35.2 Å². The van der Waals surface area contributed by atoms with Crippen LogP contribution in [0.2, 0.25) is 0 Å². The monoisotopic (exact) mass is 299 g/mol. The van der Waals surface area contributed by atoms with Crippen LogP contribution in [-0.2, 0) is 0 Å². The molecule has 112 valence electrons. The Kier molecular flexibility index (Phi) is 4.18. The summed E-state index contributed by atoms with van der Waals surface area (Å²) in [5.41, 5.74) is 7.59. The molecule has 0 aliphatic carbocycles. The van der Waals surface area contributed by atoms with Gasteiger partial charge in [-0.05, 0) is 30.7 Å². The molecule has 0 fully saturated rings. The van der Waals surface area contributed by atoms with Gasteiger partial charge in [0.15, 0.2) is 0 Å². The van der Waals surface area contributed by atoms with Gasteiger partial charge in [0, 0.05) is 5.56 Å². The lowest BCUT2D eigenvalue weighted by atomic mass is 9.97. The van der Waals surface area contributed by atoms with Crippen molar-refractivity contribution < 1.29 is 22.3 Å². The van der Waals surface area contributed by atoms with Crippen molar-refractivity contribution in [2.75, 3.05) is 0 Å². The third-order valence-electron chi connectivity index (χ3n) is 2.96. The molecule has 2 rings (SSSR count). The zero-order valence-electron chi connectivity index (χ0n) is 11.1. The van der Waals surface area contributed by atoms with Crippen LogP contribution in [0.1, 0.15) is 22.7 Å². The number of benzene rings is 2. The fourth-order valence-electron chi connectivity index (χ4n) is 1.96. The van der Waals surface area contributed by atoms with Crippen LogP contribution in [0.3, 0.4) is 0 Å². The molecule has 21 heavy (non-hydrogen) atoms. The summed E-state index contributed by atoms with van der Waals surface area (Å²) in [5.74, 6) is -0.799. The first-order chi connectivity index (χ1) is 9.76. The largest absolute Gasteiger partial charge is 0.573 e. The first-order valence-electron chi connectivity index (χ1n) is 6.13. The zero-order valence-corrected chi connectivity index (χ0v) is 11.1. The van der Waals surface area contributed by atoms with E-state index in [2.05, 4.69) is 4.74 Å². The smallest absolute Gasteiger partial charge is 0.406 e. The minimum absolute atomic E-state index is 0.291. The van der Waals surface area contributed by atoms with Gasteiger partial charge in [-0.25, -0.2) is 4.39 Å². The minimum atomic E-state index is -4.74. The summed E-state index contributed by atoms with van der Waals surface area (Å²) in [6.07, 6.45) is -4.74. The second-order valence-electron chi connectivity index (χ2n) is 4.62. The van der Waals surface area contributed by atoms with Crippen molar-refractivity contribution in [3.05, 3.63) is 65.0 Å². The van der Waals surface area contributed by atoms with Gasteiger partial charge in [-0.1, -0.05) is 29.8 Å². The van der Waals surface area contributed by atoms with Crippen molar-refractivity contribution in [3.63, 3.8) is 0 Å². The maximum absolute atomic E-state index is 13.8. The standard InChI is InChI=1S/C15H13F4NO/c1-9-2-7-13(16)12(8-9)14(20)10-3-5-11(6-4-10)21-15(17,18)19/h2-8,14H,20H2,1H3/t14-/m0/s1. The fourth-order valence-corrected chi connectivity index (χ4v) is 1.96. The Balaban J connectivity index is 2.24. The van der Waals surface area contributed by atoms with Gasteiger partial charge in [0.25, 0.3) is 0 Å². The Morgan fingerprint density at radius 3 is 2.24 bits per heavy atom. The lowest BCUT2D eigenvalue weighted by molar-refractivity contribution is -0.274. The quantitative estimate of drug-likeness (QED) is 0.867. The van der Waals surface area contributed by atoms with E-state index < -0.39 is 18.2 Å². The molecule has 0 heterocycles. The average molecular weight is 299 g/mol. The maximum Gasteiger partial charge on any atom is 0.573 e. The minimum Gasteiger partial charge on any atom is -0.406 e. The van der Waals surface area contributed by atoms with Crippen LogP contribution in [0.15, 0.2) is 42.5 Å². The van der Waals surface area contributed by atoms with Crippen molar-refractivity contribution in [2.24, 2.45) is 5.73 Å². The molecular weight excluding hydrogens is 286 g/mol. The van der Waals surface area contributed by atoms with Crippen LogP contribution in [0.5, 0.6) is 5.75 Å². The lowest BCUT2D eigenvalue weighted by Crippen LogP contribution is -2.17. The van der Waals surface area contributed by atoms with Gasteiger partial charge in [0.05, 0.1) is 6.04 Å². The van der Waals surface area contributed by atoms with Crippen LogP contribution < -0.4 is 10.5 Å². The van der Waals surface area contributed by atoms with Gasteiger partial charge < -0.3 is 10.5 Å². The van der Waals surface area contributed by atoms with Crippen LogP contribution in [-0.4, -0.2) is 6.36 Å². The van der Waals surface area contributed by atoms with Crippen molar-refractivity contribution in [2.45, 2.75) is 19.3 Å².